The second kappa shape index (κ2) is 7.41. The Kier molecular flexibility index (Phi) is 5.31. The van der Waals surface area contributed by atoms with Gasteiger partial charge < -0.3 is 16.0 Å². The van der Waals surface area contributed by atoms with E-state index in [1.165, 1.54) is 13.8 Å². The number of hydrogen-bond donors (Lipinski definition) is 3. The Bertz CT molecular complexity index is 748. The highest BCUT2D eigenvalue weighted by molar-refractivity contribution is 6.06. The fraction of sp³-hybridized carbons (Fsp3) is 0.167. The molecule has 3 N–H and O–H groups in total. The van der Waals surface area contributed by atoms with E-state index in [1.807, 2.05) is 19.1 Å². The van der Waals surface area contributed by atoms with Crippen molar-refractivity contribution >= 4 is 34.8 Å². The minimum absolute atomic E-state index is 0.264. The van der Waals surface area contributed by atoms with E-state index in [0.29, 0.717) is 22.6 Å². The second-order valence-corrected chi connectivity index (χ2v) is 5.48. The van der Waals surface area contributed by atoms with Gasteiger partial charge in [-0.3, -0.25) is 14.4 Å². The summed E-state index contributed by atoms with van der Waals surface area (Å²) in [6.07, 6.45) is 0. The average Bonchev–Trinajstić information content (AvgIpc) is 2.48. The van der Waals surface area contributed by atoms with Crippen molar-refractivity contribution in [2.45, 2.75) is 20.8 Å². The topological polar surface area (TPSA) is 87.3 Å². The maximum atomic E-state index is 12.4. The third-order valence-electron chi connectivity index (χ3n) is 3.15. The van der Waals surface area contributed by atoms with Crippen LogP contribution in [0.3, 0.4) is 0 Å². The van der Waals surface area contributed by atoms with Crippen LogP contribution in [0.25, 0.3) is 0 Å². The number of carbonyl (C=O) groups is 3. The summed E-state index contributed by atoms with van der Waals surface area (Å²) in [7, 11) is 0. The van der Waals surface area contributed by atoms with Crippen LogP contribution < -0.4 is 16.0 Å². The number of nitrogens with one attached hydrogen (secondary N) is 3. The molecule has 0 fully saturated rings. The highest BCUT2D eigenvalue weighted by Crippen LogP contribution is 2.21. The first-order chi connectivity index (χ1) is 11.3. The van der Waals surface area contributed by atoms with Gasteiger partial charge in [-0.05, 0) is 37.3 Å². The van der Waals surface area contributed by atoms with Gasteiger partial charge >= 0.3 is 0 Å². The van der Waals surface area contributed by atoms with Crippen LogP contribution in [0.4, 0.5) is 17.1 Å². The number of benzene rings is 2. The van der Waals surface area contributed by atoms with Crippen molar-refractivity contribution in [2.24, 2.45) is 0 Å². The molecule has 0 heterocycles. The standard InChI is InChI=1S/C18H19N3O3/c1-11-4-6-15(7-5-11)21-18(24)14-8-16(19-12(2)22)10-17(9-14)20-13(3)23/h4-10H,1-3H3,(H,19,22)(H,20,23)(H,21,24). The fourth-order valence-corrected chi connectivity index (χ4v) is 2.15. The molecule has 0 saturated heterocycles. The molecule has 3 amide bonds. The number of rotatable bonds is 4. The van der Waals surface area contributed by atoms with E-state index in [-0.39, 0.29) is 17.7 Å². The summed E-state index contributed by atoms with van der Waals surface area (Å²) in [6, 6.07) is 12.1. The van der Waals surface area contributed by atoms with Crippen LogP contribution in [0.2, 0.25) is 0 Å². The summed E-state index contributed by atoms with van der Waals surface area (Å²) in [5.74, 6) is -0.864. The minimum atomic E-state index is -0.336. The quantitative estimate of drug-likeness (QED) is 0.807. The molecule has 0 radical (unpaired) electrons. The summed E-state index contributed by atoms with van der Waals surface area (Å²) in [5, 5.41) is 8.01. The first-order valence-corrected chi connectivity index (χ1v) is 7.42. The molecule has 0 aliphatic heterocycles. The zero-order valence-corrected chi connectivity index (χ0v) is 13.8. The fourth-order valence-electron chi connectivity index (χ4n) is 2.15. The van der Waals surface area contributed by atoms with Crippen molar-refractivity contribution in [3.8, 4) is 0 Å². The molecule has 0 aliphatic carbocycles. The molecule has 0 aromatic heterocycles. The average molecular weight is 325 g/mol. The maximum Gasteiger partial charge on any atom is 0.255 e. The van der Waals surface area contributed by atoms with Gasteiger partial charge in [0.2, 0.25) is 11.8 Å². The zero-order chi connectivity index (χ0) is 17.7. The Morgan fingerprint density at radius 3 is 1.67 bits per heavy atom. The Hall–Kier alpha value is -3.15. The van der Waals surface area contributed by atoms with Crippen LogP contribution in [-0.2, 0) is 9.59 Å². The highest BCUT2D eigenvalue weighted by atomic mass is 16.2. The van der Waals surface area contributed by atoms with Gasteiger partial charge in [-0.1, -0.05) is 17.7 Å². The first-order valence-electron chi connectivity index (χ1n) is 7.42. The monoisotopic (exact) mass is 325 g/mol. The van der Waals surface area contributed by atoms with Gasteiger partial charge in [0.25, 0.3) is 5.91 Å². The van der Waals surface area contributed by atoms with Crippen molar-refractivity contribution in [1.82, 2.24) is 0 Å². The van der Waals surface area contributed by atoms with Gasteiger partial charge in [-0.2, -0.15) is 0 Å². The van der Waals surface area contributed by atoms with Crippen LogP contribution in [-0.4, -0.2) is 17.7 Å². The van der Waals surface area contributed by atoms with E-state index in [9.17, 15) is 14.4 Å². The molecule has 0 aliphatic rings. The number of hydrogen-bond acceptors (Lipinski definition) is 3. The van der Waals surface area contributed by atoms with Gasteiger partial charge in [-0.25, -0.2) is 0 Å². The lowest BCUT2D eigenvalue weighted by molar-refractivity contribution is -0.115. The third-order valence-corrected chi connectivity index (χ3v) is 3.15. The molecular formula is C18H19N3O3. The van der Waals surface area contributed by atoms with E-state index < -0.39 is 0 Å². The molecular weight excluding hydrogens is 306 g/mol. The minimum Gasteiger partial charge on any atom is -0.326 e. The van der Waals surface area contributed by atoms with Gasteiger partial charge in [0, 0.05) is 36.5 Å². The SMILES string of the molecule is CC(=O)Nc1cc(NC(C)=O)cc(C(=O)Nc2ccc(C)cc2)c1. The molecule has 0 atom stereocenters. The van der Waals surface area contributed by atoms with Gasteiger partial charge in [0.1, 0.15) is 0 Å². The highest BCUT2D eigenvalue weighted by Gasteiger charge is 2.11. The lowest BCUT2D eigenvalue weighted by Crippen LogP contribution is -2.15. The second-order valence-electron chi connectivity index (χ2n) is 5.48. The number of amides is 3. The van der Waals surface area contributed by atoms with E-state index in [1.54, 1.807) is 30.3 Å². The number of carbonyl (C=O) groups excluding carboxylic acids is 3. The zero-order valence-electron chi connectivity index (χ0n) is 13.8. The largest absolute Gasteiger partial charge is 0.326 e. The molecule has 2 rings (SSSR count). The van der Waals surface area contributed by atoms with Gasteiger partial charge in [0.15, 0.2) is 0 Å². The molecule has 6 nitrogen and oxygen atoms in total. The molecule has 124 valence electrons. The van der Waals surface area contributed by atoms with Crippen LogP contribution in [0, 0.1) is 6.92 Å². The molecule has 0 saturated carbocycles. The van der Waals surface area contributed by atoms with Crippen molar-refractivity contribution in [3.63, 3.8) is 0 Å². The summed E-state index contributed by atoms with van der Waals surface area (Å²) < 4.78 is 0. The predicted molar refractivity (Wildman–Crippen MR) is 94.2 cm³/mol. The van der Waals surface area contributed by atoms with E-state index >= 15 is 0 Å². The van der Waals surface area contributed by atoms with E-state index in [2.05, 4.69) is 16.0 Å². The smallest absolute Gasteiger partial charge is 0.255 e. The van der Waals surface area contributed by atoms with Crippen LogP contribution in [0.15, 0.2) is 42.5 Å². The lowest BCUT2D eigenvalue weighted by atomic mass is 10.1. The Morgan fingerprint density at radius 1 is 0.708 bits per heavy atom. The molecule has 24 heavy (non-hydrogen) atoms. The summed E-state index contributed by atoms with van der Waals surface area (Å²) in [6.45, 7) is 4.70. The van der Waals surface area contributed by atoms with Crippen molar-refractivity contribution in [2.75, 3.05) is 16.0 Å². The van der Waals surface area contributed by atoms with E-state index in [0.717, 1.165) is 5.56 Å². The predicted octanol–water partition coefficient (Wildman–Crippen LogP) is 3.16. The first kappa shape index (κ1) is 17.2. The molecule has 0 unspecified atom stereocenters. The molecule has 2 aromatic carbocycles. The van der Waals surface area contributed by atoms with Crippen LogP contribution in [0.5, 0.6) is 0 Å². The van der Waals surface area contributed by atoms with Crippen molar-refractivity contribution in [1.29, 1.82) is 0 Å². The van der Waals surface area contributed by atoms with Gasteiger partial charge in [-0.15, -0.1) is 0 Å². The maximum absolute atomic E-state index is 12.4. The Labute approximate surface area is 140 Å². The van der Waals surface area contributed by atoms with Crippen LogP contribution >= 0.6 is 0 Å². The van der Waals surface area contributed by atoms with Crippen molar-refractivity contribution in [3.05, 3.63) is 53.6 Å². The Balaban J connectivity index is 2.28. The van der Waals surface area contributed by atoms with E-state index in [4.69, 9.17) is 0 Å². The summed E-state index contributed by atoms with van der Waals surface area (Å²) in [4.78, 5) is 34.9. The summed E-state index contributed by atoms with van der Waals surface area (Å²) >= 11 is 0. The number of aryl methyl sites for hydroxylation is 1. The summed E-state index contributed by atoms with van der Waals surface area (Å²) in [5.41, 5.74) is 2.95. The van der Waals surface area contributed by atoms with Crippen LogP contribution in [0.1, 0.15) is 29.8 Å². The molecule has 0 spiro atoms. The van der Waals surface area contributed by atoms with Crippen molar-refractivity contribution < 1.29 is 14.4 Å². The lowest BCUT2D eigenvalue weighted by Gasteiger charge is -2.11. The molecule has 6 heteroatoms. The molecule has 0 bridgehead atoms. The third kappa shape index (κ3) is 4.95. The number of anilines is 3. The Morgan fingerprint density at radius 2 is 1.21 bits per heavy atom. The van der Waals surface area contributed by atoms with Gasteiger partial charge in [0.05, 0.1) is 0 Å². The normalized spacial score (nSPS) is 9.96. The molecule has 2 aromatic rings.